The molecule has 3 rings (SSSR count). The first kappa shape index (κ1) is 13.4. The molecule has 2 aromatic carbocycles. The Morgan fingerprint density at radius 2 is 1.81 bits per heavy atom. The van der Waals surface area contributed by atoms with Crippen LogP contribution in [0.3, 0.4) is 0 Å². The van der Waals surface area contributed by atoms with E-state index in [1.165, 1.54) is 5.56 Å². The van der Waals surface area contributed by atoms with Gasteiger partial charge >= 0.3 is 0 Å². The molecule has 0 aliphatic heterocycles. The minimum atomic E-state index is -0.0311. The Kier molecular flexibility index (Phi) is 3.48. The summed E-state index contributed by atoms with van der Waals surface area (Å²) in [5.74, 6) is 0. The molecule has 0 aliphatic rings. The zero-order valence-corrected chi connectivity index (χ0v) is 12.2. The second-order valence-electron chi connectivity index (χ2n) is 5.38. The lowest BCUT2D eigenvalue weighted by Gasteiger charge is -2.08. The summed E-state index contributed by atoms with van der Waals surface area (Å²) in [4.78, 5) is 15.1. The first-order chi connectivity index (χ1) is 10.1. The van der Waals surface area contributed by atoms with Crippen molar-refractivity contribution in [3.63, 3.8) is 0 Å². The van der Waals surface area contributed by atoms with Crippen LogP contribution in [0.1, 0.15) is 16.7 Å². The fraction of sp³-hybridized carbons (Fsp3) is 0.167. The third-order valence-corrected chi connectivity index (χ3v) is 3.70. The predicted octanol–water partition coefficient (Wildman–Crippen LogP) is 3.76. The Balaban J connectivity index is 1.89. The molecule has 0 spiro atoms. The van der Waals surface area contributed by atoms with Crippen molar-refractivity contribution in [3.05, 3.63) is 75.6 Å². The number of aromatic nitrogens is 1. The first-order valence-corrected chi connectivity index (χ1v) is 7.05. The Labute approximate surface area is 123 Å². The van der Waals surface area contributed by atoms with Gasteiger partial charge in [0.2, 0.25) is 0 Å². The van der Waals surface area contributed by atoms with E-state index in [2.05, 4.69) is 29.4 Å². The third kappa shape index (κ3) is 2.82. The highest BCUT2D eigenvalue weighted by Crippen LogP contribution is 2.16. The van der Waals surface area contributed by atoms with Crippen LogP contribution in [0.5, 0.6) is 0 Å². The van der Waals surface area contributed by atoms with Gasteiger partial charge in [0, 0.05) is 17.8 Å². The van der Waals surface area contributed by atoms with E-state index in [4.69, 9.17) is 0 Å². The van der Waals surface area contributed by atoms with Crippen LogP contribution in [0.2, 0.25) is 0 Å². The molecule has 3 heteroatoms. The Morgan fingerprint density at radius 3 is 2.57 bits per heavy atom. The molecule has 0 amide bonds. The van der Waals surface area contributed by atoms with Gasteiger partial charge in [-0.2, -0.15) is 0 Å². The number of aromatic amines is 1. The van der Waals surface area contributed by atoms with E-state index in [1.54, 1.807) is 0 Å². The van der Waals surface area contributed by atoms with Gasteiger partial charge < -0.3 is 10.3 Å². The highest BCUT2D eigenvalue weighted by molar-refractivity contribution is 5.81. The quantitative estimate of drug-likeness (QED) is 0.766. The minimum Gasteiger partial charge on any atom is -0.381 e. The normalized spacial score (nSPS) is 10.8. The lowest BCUT2D eigenvalue weighted by Crippen LogP contribution is -2.16. The number of benzene rings is 2. The fourth-order valence-electron chi connectivity index (χ4n) is 2.43. The molecule has 2 N–H and O–H groups in total. The number of anilines is 1. The number of aryl methyl sites for hydroxylation is 2. The standard InChI is InChI=1S/C18H18N2O/c1-12-6-8-16(9-7-12)19-11-15-10-14-5-3-4-13(2)17(14)20-18(15)21/h3-10,19H,11H2,1-2H3,(H,20,21). The van der Waals surface area contributed by atoms with E-state index in [9.17, 15) is 4.79 Å². The van der Waals surface area contributed by atoms with Crippen LogP contribution in [-0.2, 0) is 6.54 Å². The molecule has 1 heterocycles. The van der Waals surface area contributed by atoms with Crippen molar-refractivity contribution in [2.45, 2.75) is 20.4 Å². The number of fused-ring (bicyclic) bond motifs is 1. The van der Waals surface area contributed by atoms with Gasteiger partial charge in [-0.1, -0.05) is 35.9 Å². The lowest BCUT2D eigenvalue weighted by atomic mass is 10.1. The summed E-state index contributed by atoms with van der Waals surface area (Å²) in [6.07, 6.45) is 0. The van der Waals surface area contributed by atoms with Crippen LogP contribution in [0, 0.1) is 13.8 Å². The minimum absolute atomic E-state index is 0.0311. The second kappa shape index (κ2) is 5.44. The predicted molar refractivity (Wildman–Crippen MR) is 87.8 cm³/mol. The summed E-state index contributed by atoms with van der Waals surface area (Å²) in [6, 6.07) is 16.1. The van der Waals surface area contributed by atoms with Gasteiger partial charge in [0.1, 0.15) is 0 Å². The van der Waals surface area contributed by atoms with Gasteiger partial charge in [0.05, 0.1) is 5.52 Å². The van der Waals surface area contributed by atoms with Crippen LogP contribution in [0.4, 0.5) is 5.69 Å². The van der Waals surface area contributed by atoms with Gasteiger partial charge in [-0.3, -0.25) is 4.79 Å². The summed E-state index contributed by atoms with van der Waals surface area (Å²) >= 11 is 0. The molecular weight excluding hydrogens is 260 g/mol. The fourth-order valence-corrected chi connectivity index (χ4v) is 2.43. The second-order valence-corrected chi connectivity index (χ2v) is 5.38. The van der Waals surface area contributed by atoms with E-state index >= 15 is 0 Å². The maximum atomic E-state index is 12.2. The molecule has 3 aromatic rings. The largest absolute Gasteiger partial charge is 0.381 e. The van der Waals surface area contributed by atoms with Gasteiger partial charge in [-0.15, -0.1) is 0 Å². The van der Waals surface area contributed by atoms with E-state index in [1.807, 2.05) is 43.3 Å². The van der Waals surface area contributed by atoms with Crippen LogP contribution in [0.25, 0.3) is 10.9 Å². The summed E-state index contributed by atoms with van der Waals surface area (Å²) in [5, 5.41) is 4.35. The van der Waals surface area contributed by atoms with Gasteiger partial charge in [0.15, 0.2) is 0 Å². The maximum absolute atomic E-state index is 12.2. The topological polar surface area (TPSA) is 44.9 Å². The molecule has 0 saturated heterocycles. The summed E-state index contributed by atoms with van der Waals surface area (Å²) < 4.78 is 0. The lowest BCUT2D eigenvalue weighted by molar-refractivity contribution is 1.09. The molecule has 3 nitrogen and oxygen atoms in total. The average molecular weight is 278 g/mol. The third-order valence-electron chi connectivity index (χ3n) is 3.70. The van der Waals surface area contributed by atoms with Crippen LogP contribution >= 0.6 is 0 Å². The number of nitrogens with one attached hydrogen (secondary N) is 2. The molecule has 0 saturated carbocycles. The van der Waals surface area contributed by atoms with Crippen molar-refractivity contribution in [3.8, 4) is 0 Å². The molecule has 0 unspecified atom stereocenters. The van der Waals surface area contributed by atoms with E-state index in [-0.39, 0.29) is 5.56 Å². The Hall–Kier alpha value is -2.55. The zero-order chi connectivity index (χ0) is 14.8. The highest BCUT2D eigenvalue weighted by atomic mass is 16.1. The summed E-state index contributed by atoms with van der Waals surface area (Å²) in [5.41, 5.74) is 4.96. The van der Waals surface area contributed by atoms with Crippen molar-refractivity contribution in [1.82, 2.24) is 4.98 Å². The maximum Gasteiger partial charge on any atom is 0.253 e. The van der Waals surface area contributed by atoms with Gasteiger partial charge in [0.25, 0.3) is 5.56 Å². The van der Waals surface area contributed by atoms with E-state index in [0.29, 0.717) is 6.54 Å². The number of hydrogen-bond acceptors (Lipinski definition) is 2. The van der Waals surface area contributed by atoms with Crippen molar-refractivity contribution in [2.24, 2.45) is 0 Å². The highest BCUT2D eigenvalue weighted by Gasteiger charge is 2.04. The van der Waals surface area contributed by atoms with Crippen molar-refractivity contribution in [2.75, 3.05) is 5.32 Å². The molecule has 0 aliphatic carbocycles. The molecule has 0 radical (unpaired) electrons. The van der Waals surface area contributed by atoms with Crippen LogP contribution < -0.4 is 10.9 Å². The SMILES string of the molecule is Cc1ccc(NCc2cc3cccc(C)c3[nH]c2=O)cc1. The number of para-hydroxylation sites is 1. The first-order valence-electron chi connectivity index (χ1n) is 7.05. The van der Waals surface area contributed by atoms with Crippen LogP contribution in [0.15, 0.2) is 53.3 Å². The molecule has 0 fully saturated rings. The Morgan fingerprint density at radius 1 is 1.05 bits per heavy atom. The summed E-state index contributed by atoms with van der Waals surface area (Å²) in [6.45, 7) is 4.57. The molecule has 21 heavy (non-hydrogen) atoms. The van der Waals surface area contributed by atoms with Crippen molar-refractivity contribution in [1.29, 1.82) is 0 Å². The van der Waals surface area contributed by atoms with Gasteiger partial charge in [-0.05, 0) is 43.0 Å². The van der Waals surface area contributed by atoms with E-state index < -0.39 is 0 Å². The monoisotopic (exact) mass is 278 g/mol. The summed E-state index contributed by atoms with van der Waals surface area (Å²) in [7, 11) is 0. The van der Waals surface area contributed by atoms with Crippen molar-refractivity contribution >= 4 is 16.6 Å². The van der Waals surface area contributed by atoms with Crippen LogP contribution in [-0.4, -0.2) is 4.98 Å². The van der Waals surface area contributed by atoms with Crippen molar-refractivity contribution < 1.29 is 0 Å². The molecule has 1 aromatic heterocycles. The molecule has 0 atom stereocenters. The zero-order valence-electron chi connectivity index (χ0n) is 12.2. The Bertz CT molecular complexity index is 832. The molecule has 0 bridgehead atoms. The number of rotatable bonds is 3. The smallest absolute Gasteiger partial charge is 0.253 e. The number of hydrogen-bond donors (Lipinski definition) is 2. The number of H-pyrrole nitrogens is 1. The molecular formula is C18H18N2O. The molecule has 106 valence electrons. The van der Waals surface area contributed by atoms with E-state index in [0.717, 1.165) is 27.7 Å². The average Bonchev–Trinajstić information content (AvgIpc) is 2.48. The number of pyridine rings is 1. The van der Waals surface area contributed by atoms with Gasteiger partial charge in [-0.25, -0.2) is 0 Å².